The van der Waals surface area contributed by atoms with Crippen molar-refractivity contribution in [3.8, 4) is 11.5 Å². The first-order valence-corrected chi connectivity index (χ1v) is 10.6. The third kappa shape index (κ3) is 5.83. The van der Waals surface area contributed by atoms with Crippen LogP contribution < -0.4 is 19.7 Å². The molecule has 2 aromatic rings. The Labute approximate surface area is 196 Å². The number of carbonyl (C=O) groups excluding carboxylic acids is 4. The SMILES string of the molecule is CCOC(=O)c1ccc(NC(=O)COC(=O)[C@H]2CC(=O)N(c3ccc(OC)cc3OC)C2)cc1. The van der Waals surface area contributed by atoms with E-state index in [2.05, 4.69) is 5.32 Å². The van der Waals surface area contributed by atoms with Gasteiger partial charge in [0.15, 0.2) is 6.61 Å². The molecule has 1 aliphatic rings. The fourth-order valence-corrected chi connectivity index (χ4v) is 3.46. The number of ether oxygens (including phenoxy) is 4. The van der Waals surface area contributed by atoms with Crippen LogP contribution in [0.5, 0.6) is 11.5 Å². The molecule has 34 heavy (non-hydrogen) atoms. The van der Waals surface area contributed by atoms with E-state index >= 15 is 0 Å². The maximum absolute atomic E-state index is 12.5. The summed E-state index contributed by atoms with van der Waals surface area (Å²) < 4.78 is 20.5. The molecule has 0 saturated carbocycles. The van der Waals surface area contributed by atoms with Crippen molar-refractivity contribution >= 4 is 35.1 Å². The van der Waals surface area contributed by atoms with Crippen LogP contribution in [0, 0.1) is 5.92 Å². The maximum atomic E-state index is 12.5. The number of benzene rings is 2. The van der Waals surface area contributed by atoms with Gasteiger partial charge in [-0.25, -0.2) is 4.79 Å². The number of esters is 2. The standard InChI is InChI=1S/C24H26N2O8/c1-4-33-23(29)15-5-7-17(8-6-15)25-21(27)14-34-24(30)16-11-22(28)26(13-16)19-10-9-18(31-2)12-20(19)32-3/h5-10,12,16H,4,11,13-14H2,1-3H3,(H,25,27)/t16-/m0/s1. The first-order valence-electron chi connectivity index (χ1n) is 10.6. The summed E-state index contributed by atoms with van der Waals surface area (Å²) in [5.41, 5.74) is 1.31. The van der Waals surface area contributed by atoms with Gasteiger partial charge < -0.3 is 29.2 Å². The Morgan fingerprint density at radius 1 is 1.03 bits per heavy atom. The van der Waals surface area contributed by atoms with E-state index in [1.54, 1.807) is 37.3 Å². The lowest BCUT2D eigenvalue weighted by molar-refractivity contribution is -0.151. The van der Waals surface area contributed by atoms with Crippen molar-refractivity contribution in [2.24, 2.45) is 5.92 Å². The minimum atomic E-state index is -0.712. The molecule has 1 fully saturated rings. The summed E-state index contributed by atoms with van der Waals surface area (Å²) in [5.74, 6) is -1.60. The number of carbonyl (C=O) groups is 4. The molecule has 0 aliphatic carbocycles. The van der Waals surface area contributed by atoms with Gasteiger partial charge in [-0.1, -0.05) is 0 Å². The predicted molar refractivity (Wildman–Crippen MR) is 122 cm³/mol. The zero-order valence-electron chi connectivity index (χ0n) is 19.2. The van der Waals surface area contributed by atoms with Crippen molar-refractivity contribution in [2.45, 2.75) is 13.3 Å². The highest BCUT2D eigenvalue weighted by Gasteiger charge is 2.37. The van der Waals surface area contributed by atoms with E-state index in [0.29, 0.717) is 28.4 Å². The van der Waals surface area contributed by atoms with Crippen LogP contribution in [-0.2, 0) is 23.9 Å². The van der Waals surface area contributed by atoms with E-state index in [4.69, 9.17) is 18.9 Å². The van der Waals surface area contributed by atoms with Gasteiger partial charge >= 0.3 is 11.9 Å². The third-order valence-corrected chi connectivity index (χ3v) is 5.16. The Kier molecular flexibility index (Phi) is 8.07. The lowest BCUT2D eigenvalue weighted by atomic mass is 10.1. The van der Waals surface area contributed by atoms with Crippen LogP contribution in [0.1, 0.15) is 23.7 Å². The van der Waals surface area contributed by atoms with Crippen molar-refractivity contribution in [3.05, 3.63) is 48.0 Å². The number of hydrogen-bond acceptors (Lipinski definition) is 8. The summed E-state index contributed by atoms with van der Waals surface area (Å²) in [6.45, 7) is 1.58. The van der Waals surface area contributed by atoms with Gasteiger partial charge in [0.2, 0.25) is 5.91 Å². The lowest BCUT2D eigenvalue weighted by Crippen LogP contribution is -2.28. The summed E-state index contributed by atoms with van der Waals surface area (Å²) in [6, 6.07) is 11.2. The number of methoxy groups -OCH3 is 2. The van der Waals surface area contributed by atoms with Crippen molar-refractivity contribution < 1.29 is 38.1 Å². The Balaban J connectivity index is 1.53. The van der Waals surface area contributed by atoms with Crippen LogP contribution in [0.4, 0.5) is 11.4 Å². The molecule has 1 atom stereocenters. The number of nitrogens with zero attached hydrogens (tertiary/aromatic N) is 1. The van der Waals surface area contributed by atoms with Crippen molar-refractivity contribution in [1.82, 2.24) is 0 Å². The largest absolute Gasteiger partial charge is 0.497 e. The fraction of sp³-hybridized carbons (Fsp3) is 0.333. The van der Waals surface area contributed by atoms with Gasteiger partial charge in [-0.15, -0.1) is 0 Å². The quantitative estimate of drug-likeness (QED) is 0.555. The molecule has 0 bridgehead atoms. The van der Waals surface area contributed by atoms with Crippen LogP contribution in [-0.4, -0.2) is 57.7 Å². The smallest absolute Gasteiger partial charge is 0.338 e. The molecule has 1 heterocycles. The van der Waals surface area contributed by atoms with Gasteiger partial charge in [-0.05, 0) is 43.3 Å². The van der Waals surface area contributed by atoms with Crippen LogP contribution in [0.25, 0.3) is 0 Å². The van der Waals surface area contributed by atoms with E-state index in [0.717, 1.165) is 0 Å². The normalized spacial score (nSPS) is 15.0. The Morgan fingerprint density at radius 3 is 2.41 bits per heavy atom. The van der Waals surface area contributed by atoms with Crippen LogP contribution in [0.2, 0.25) is 0 Å². The zero-order valence-corrected chi connectivity index (χ0v) is 19.2. The average molecular weight is 470 g/mol. The second-order valence-electron chi connectivity index (χ2n) is 7.40. The van der Waals surface area contributed by atoms with Gasteiger partial charge in [0, 0.05) is 24.7 Å². The molecule has 0 spiro atoms. The third-order valence-electron chi connectivity index (χ3n) is 5.16. The monoisotopic (exact) mass is 470 g/mol. The fourth-order valence-electron chi connectivity index (χ4n) is 3.46. The molecule has 1 aliphatic heterocycles. The molecule has 0 aromatic heterocycles. The molecule has 1 N–H and O–H groups in total. The molecule has 0 radical (unpaired) electrons. The average Bonchev–Trinajstić information content (AvgIpc) is 3.24. The highest BCUT2D eigenvalue weighted by atomic mass is 16.5. The van der Waals surface area contributed by atoms with Crippen molar-refractivity contribution in [2.75, 3.05) is 44.2 Å². The Hall–Kier alpha value is -4.08. The van der Waals surface area contributed by atoms with Gasteiger partial charge in [-0.3, -0.25) is 14.4 Å². The van der Waals surface area contributed by atoms with Gasteiger partial charge in [0.05, 0.1) is 38.0 Å². The minimum absolute atomic E-state index is 0.0367. The molecule has 2 aromatic carbocycles. The topological polar surface area (TPSA) is 120 Å². The summed E-state index contributed by atoms with van der Waals surface area (Å²) in [7, 11) is 3.00. The Bertz CT molecular complexity index is 1070. The molecule has 10 nitrogen and oxygen atoms in total. The van der Waals surface area contributed by atoms with E-state index in [1.807, 2.05) is 0 Å². The number of amides is 2. The summed E-state index contributed by atoms with van der Waals surface area (Å²) in [5, 5.41) is 2.58. The van der Waals surface area contributed by atoms with E-state index < -0.39 is 30.4 Å². The molecule has 0 unspecified atom stereocenters. The first-order chi connectivity index (χ1) is 16.4. The van der Waals surface area contributed by atoms with Gasteiger partial charge in [-0.2, -0.15) is 0 Å². The summed E-state index contributed by atoms with van der Waals surface area (Å²) in [6.07, 6.45) is -0.0367. The van der Waals surface area contributed by atoms with Gasteiger partial charge in [0.1, 0.15) is 11.5 Å². The number of anilines is 2. The summed E-state index contributed by atoms with van der Waals surface area (Å²) in [4.78, 5) is 50.3. The van der Waals surface area contributed by atoms with Gasteiger partial charge in [0.25, 0.3) is 5.91 Å². The predicted octanol–water partition coefficient (Wildman–Crippen LogP) is 2.42. The van der Waals surface area contributed by atoms with E-state index in [1.165, 1.54) is 31.3 Å². The van der Waals surface area contributed by atoms with Crippen molar-refractivity contribution in [3.63, 3.8) is 0 Å². The second-order valence-corrected chi connectivity index (χ2v) is 7.40. The van der Waals surface area contributed by atoms with Crippen LogP contribution >= 0.6 is 0 Å². The highest BCUT2D eigenvalue weighted by Crippen LogP contribution is 2.36. The number of rotatable bonds is 9. The highest BCUT2D eigenvalue weighted by molar-refractivity contribution is 6.01. The van der Waals surface area contributed by atoms with Crippen molar-refractivity contribution in [1.29, 1.82) is 0 Å². The molecule has 180 valence electrons. The molecular formula is C24H26N2O8. The molecule has 2 amide bonds. The number of hydrogen-bond donors (Lipinski definition) is 1. The lowest BCUT2D eigenvalue weighted by Gasteiger charge is -2.20. The summed E-state index contributed by atoms with van der Waals surface area (Å²) >= 11 is 0. The van der Waals surface area contributed by atoms with E-state index in [9.17, 15) is 19.2 Å². The molecular weight excluding hydrogens is 444 g/mol. The number of nitrogens with one attached hydrogen (secondary N) is 1. The second kappa shape index (κ2) is 11.2. The molecule has 3 rings (SSSR count). The van der Waals surface area contributed by atoms with Crippen LogP contribution in [0.3, 0.4) is 0 Å². The molecule has 10 heteroatoms. The Morgan fingerprint density at radius 2 is 1.76 bits per heavy atom. The van der Waals surface area contributed by atoms with Crippen LogP contribution in [0.15, 0.2) is 42.5 Å². The molecule has 1 saturated heterocycles. The maximum Gasteiger partial charge on any atom is 0.338 e. The van der Waals surface area contributed by atoms with E-state index in [-0.39, 0.29) is 25.5 Å². The zero-order chi connectivity index (χ0) is 24.7. The minimum Gasteiger partial charge on any atom is -0.497 e. The first kappa shape index (κ1) is 24.6.